The first-order valence-corrected chi connectivity index (χ1v) is 12.2. The Hall–Kier alpha value is -2.47. The normalized spacial score (nSPS) is 12.2. The van der Waals surface area contributed by atoms with Gasteiger partial charge in [0.25, 0.3) is 0 Å². The van der Waals surface area contributed by atoms with Gasteiger partial charge in [0.1, 0.15) is 11.8 Å². The summed E-state index contributed by atoms with van der Waals surface area (Å²) in [5, 5.41) is 3.04. The Morgan fingerprint density at radius 3 is 2.25 bits per heavy atom. The van der Waals surface area contributed by atoms with Crippen molar-refractivity contribution in [2.75, 3.05) is 19.4 Å². The van der Waals surface area contributed by atoms with Crippen molar-refractivity contribution >= 4 is 23.6 Å². The zero-order valence-electron chi connectivity index (χ0n) is 19.9. The van der Waals surface area contributed by atoms with E-state index < -0.39 is 6.04 Å². The van der Waals surface area contributed by atoms with Gasteiger partial charge in [-0.2, -0.15) is 0 Å². The first-order chi connectivity index (χ1) is 15.2. The zero-order chi connectivity index (χ0) is 23.6. The van der Waals surface area contributed by atoms with Crippen molar-refractivity contribution in [1.82, 2.24) is 10.2 Å². The number of nitrogens with zero attached hydrogens (tertiary/aromatic N) is 1. The van der Waals surface area contributed by atoms with Gasteiger partial charge in [-0.1, -0.05) is 49.4 Å². The van der Waals surface area contributed by atoms with Crippen LogP contribution in [0.15, 0.2) is 54.6 Å². The van der Waals surface area contributed by atoms with Crippen LogP contribution in [0.1, 0.15) is 45.2 Å². The molecule has 1 N–H and O–H groups in total. The molecule has 174 valence electrons. The number of hydrogen-bond acceptors (Lipinski definition) is 4. The molecule has 2 aromatic rings. The molecule has 0 aliphatic rings. The third-order valence-electron chi connectivity index (χ3n) is 5.02. The Morgan fingerprint density at radius 2 is 1.69 bits per heavy atom. The molecule has 6 heteroatoms. The van der Waals surface area contributed by atoms with Crippen LogP contribution in [0.25, 0.3) is 0 Å². The van der Waals surface area contributed by atoms with Crippen LogP contribution in [-0.2, 0) is 21.8 Å². The van der Waals surface area contributed by atoms with Gasteiger partial charge < -0.3 is 15.0 Å². The Bertz CT molecular complexity index is 848. The molecule has 2 aromatic carbocycles. The standard InChI is InChI=1S/C26H36N2O3S/c1-6-23(25(30)27-26(2,3)4)28(17-16-20-10-8-7-9-11-20)24(29)19-32-18-21-12-14-22(31-5)15-13-21/h7-15,23H,6,16-19H2,1-5H3,(H,27,30). The molecule has 1 unspecified atom stereocenters. The molecule has 0 saturated carbocycles. The number of hydrogen-bond donors (Lipinski definition) is 1. The second kappa shape index (κ2) is 12.5. The molecule has 0 aliphatic carbocycles. The molecule has 2 amide bonds. The third kappa shape index (κ3) is 8.58. The molecule has 0 heterocycles. The van der Waals surface area contributed by atoms with Crippen molar-refractivity contribution in [3.8, 4) is 5.75 Å². The highest BCUT2D eigenvalue weighted by Crippen LogP contribution is 2.18. The summed E-state index contributed by atoms with van der Waals surface area (Å²) in [5.41, 5.74) is 1.95. The van der Waals surface area contributed by atoms with E-state index in [1.165, 1.54) is 0 Å². The van der Waals surface area contributed by atoms with Gasteiger partial charge in [0, 0.05) is 17.8 Å². The number of carbonyl (C=O) groups is 2. The molecule has 0 spiro atoms. The number of thioether (sulfide) groups is 1. The first kappa shape index (κ1) is 25.8. The van der Waals surface area contributed by atoms with E-state index >= 15 is 0 Å². The number of benzene rings is 2. The Morgan fingerprint density at radius 1 is 1.03 bits per heavy atom. The predicted octanol–water partition coefficient (Wildman–Crippen LogP) is 4.69. The topological polar surface area (TPSA) is 58.6 Å². The van der Waals surface area contributed by atoms with Crippen molar-refractivity contribution < 1.29 is 14.3 Å². The molecule has 0 radical (unpaired) electrons. The lowest BCUT2D eigenvalue weighted by Crippen LogP contribution is -2.54. The maximum atomic E-state index is 13.2. The Balaban J connectivity index is 2.06. The van der Waals surface area contributed by atoms with Gasteiger partial charge >= 0.3 is 0 Å². The van der Waals surface area contributed by atoms with Crippen LogP contribution in [0.4, 0.5) is 0 Å². The number of nitrogens with one attached hydrogen (secondary N) is 1. The largest absolute Gasteiger partial charge is 0.497 e. The van der Waals surface area contributed by atoms with E-state index in [0.29, 0.717) is 18.7 Å². The van der Waals surface area contributed by atoms with Crippen LogP contribution >= 0.6 is 11.8 Å². The number of carbonyl (C=O) groups excluding carboxylic acids is 2. The minimum Gasteiger partial charge on any atom is -0.497 e. The molecule has 0 bridgehead atoms. The van der Waals surface area contributed by atoms with E-state index in [-0.39, 0.29) is 17.4 Å². The molecule has 2 rings (SSSR count). The van der Waals surface area contributed by atoms with Gasteiger partial charge in [-0.3, -0.25) is 9.59 Å². The first-order valence-electron chi connectivity index (χ1n) is 11.1. The predicted molar refractivity (Wildman–Crippen MR) is 133 cm³/mol. The smallest absolute Gasteiger partial charge is 0.243 e. The van der Waals surface area contributed by atoms with Crippen molar-refractivity contribution in [3.05, 3.63) is 65.7 Å². The summed E-state index contributed by atoms with van der Waals surface area (Å²) in [4.78, 5) is 28.0. The van der Waals surface area contributed by atoms with Crippen molar-refractivity contribution in [1.29, 1.82) is 0 Å². The molecular formula is C26H36N2O3S. The summed E-state index contributed by atoms with van der Waals surface area (Å²) in [7, 11) is 1.65. The van der Waals surface area contributed by atoms with Crippen LogP contribution < -0.4 is 10.1 Å². The molecular weight excluding hydrogens is 420 g/mol. The van der Waals surface area contributed by atoms with Crippen molar-refractivity contribution in [2.45, 2.75) is 57.9 Å². The van der Waals surface area contributed by atoms with E-state index in [2.05, 4.69) is 17.4 Å². The molecule has 0 saturated heterocycles. The van der Waals surface area contributed by atoms with Crippen molar-refractivity contribution in [3.63, 3.8) is 0 Å². The number of rotatable bonds is 11. The average molecular weight is 457 g/mol. The zero-order valence-corrected chi connectivity index (χ0v) is 20.7. The molecule has 0 fully saturated rings. The van der Waals surface area contributed by atoms with Gasteiger partial charge in [0.2, 0.25) is 11.8 Å². The number of ether oxygens (including phenoxy) is 1. The minimum atomic E-state index is -0.480. The van der Waals surface area contributed by atoms with Gasteiger partial charge in [0.05, 0.1) is 12.9 Å². The quantitative estimate of drug-likeness (QED) is 0.533. The fourth-order valence-electron chi connectivity index (χ4n) is 3.41. The molecule has 0 aromatic heterocycles. The van der Waals surface area contributed by atoms with Gasteiger partial charge in [-0.15, -0.1) is 11.8 Å². The third-order valence-corrected chi connectivity index (χ3v) is 6.01. The Kier molecular flexibility index (Phi) is 10.1. The fourth-order valence-corrected chi connectivity index (χ4v) is 4.28. The van der Waals surface area contributed by atoms with Crippen LogP contribution in [0.5, 0.6) is 5.75 Å². The maximum absolute atomic E-state index is 13.2. The van der Waals surface area contributed by atoms with Gasteiger partial charge in [0.15, 0.2) is 0 Å². The molecule has 5 nitrogen and oxygen atoms in total. The van der Waals surface area contributed by atoms with E-state index in [0.717, 1.165) is 29.1 Å². The van der Waals surface area contributed by atoms with E-state index in [4.69, 9.17) is 4.74 Å². The number of amides is 2. The van der Waals surface area contributed by atoms with Crippen LogP contribution in [0.3, 0.4) is 0 Å². The molecule has 32 heavy (non-hydrogen) atoms. The van der Waals surface area contributed by atoms with Crippen LogP contribution in [-0.4, -0.2) is 47.7 Å². The van der Waals surface area contributed by atoms with Crippen molar-refractivity contribution in [2.24, 2.45) is 0 Å². The average Bonchev–Trinajstić information content (AvgIpc) is 2.76. The highest BCUT2D eigenvalue weighted by molar-refractivity contribution is 7.99. The lowest BCUT2D eigenvalue weighted by atomic mass is 10.1. The Labute approximate surface area is 196 Å². The van der Waals surface area contributed by atoms with E-state index in [1.807, 2.05) is 70.2 Å². The molecule has 0 aliphatic heterocycles. The SMILES string of the molecule is CCC(C(=O)NC(C)(C)C)N(CCc1ccccc1)C(=O)CSCc1ccc(OC)cc1. The second-order valence-electron chi connectivity index (χ2n) is 8.83. The lowest BCUT2D eigenvalue weighted by Gasteiger charge is -2.33. The monoisotopic (exact) mass is 456 g/mol. The summed E-state index contributed by atoms with van der Waals surface area (Å²) in [5.74, 6) is 1.78. The van der Waals surface area contributed by atoms with E-state index in [1.54, 1.807) is 23.8 Å². The fraction of sp³-hybridized carbons (Fsp3) is 0.462. The lowest BCUT2D eigenvalue weighted by molar-refractivity contribution is -0.139. The molecule has 1 atom stereocenters. The summed E-state index contributed by atoms with van der Waals surface area (Å²) < 4.78 is 5.20. The second-order valence-corrected chi connectivity index (χ2v) is 9.81. The van der Waals surface area contributed by atoms with Gasteiger partial charge in [-0.05, 0) is 56.9 Å². The van der Waals surface area contributed by atoms with Gasteiger partial charge in [-0.25, -0.2) is 0 Å². The maximum Gasteiger partial charge on any atom is 0.243 e. The summed E-state index contributed by atoms with van der Waals surface area (Å²) in [6.45, 7) is 8.34. The van der Waals surface area contributed by atoms with Crippen LogP contribution in [0, 0.1) is 0 Å². The summed E-state index contributed by atoms with van der Waals surface area (Å²) in [6, 6.07) is 17.5. The van der Waals surface area contributed by atoms with E-state index in [9.17, 15) is 9.59 Å². The summed E-state index contributed by atoms with van der Waals surface area (Å²) in [6.07, 6.45) is 1.29. The van der Waals surface area contributed by atoms with Crippen LogP contribution in [0.2, 0.25) is 0 Å². The highest BCUT2D eigenvalue weighted by Gasteiger charge is 2.30. The minimum absolute atomic E-state index is 0.00430. The highest BCUT2D eigenvalue weighted by atomic mass is 32.2. The number of methoxy groups -OCH3 is 1. The summed E-state index contributed by atoms with van der Waals surface area (Å²) >= 11 is 1.57.